The largest absolute Gasteiger partial charge is 0.471 e. The Morgan fingerprint density at radius 2 is 2.07 bits per heavy atom. The summed E-state index contributed by atoms with van der Waals surface area (Å²) in [5.41, 5.74) is 1.20. The Balaban J connectivity index is 1.70. The zero-order valence-corrected chi connectivity index (χ0v) is 15.2. The molecule has 1 amide bonds. The lowest BCUT2D eigenvalue weighted by atomic mass is 10.1. The number of hydrogen-bond donors (Lipinski definition) is 0. The van der Waals surface area contributed by atoms with E-state index in [0.29, 0.717) is 38.3 Å². The summed E-state index contributed by atoms with van der Waals surface area (Å²) in [4.78, 5) is 17.7. The smallest absolute Gasteiger partial charge is 0.383 e. The van der Waals surface area contributed by atoms with E-state index in [1.54, 1.807) is 36.3 Å². The lowest BCUT2D eigenvalue weighted by Gasteiger charge is -2.25. The first-order valence-electron chi connectivity index (χ1n) is 8.78. The fourth-order valence-electron chi connectivity index (χ4n) is 2.88. The number of ether oxygens (including phenoxy) is 2. The van der Waals surface area contributed by atoms with Crippen LogP contribution in [0.5, 0.6) is 0 Å². The van der Waals surface area contributed by atoms with E-state index in [1.807, 2.05) is 0 Å². The molecule has 1 aliphatic heterocycles. The van der Waals surface area contributed by atoms with Gasteiger partial charge in [-0.1, -0.05) is 29.4 Å². The molecule has 1 saturated heterocycles. The molecule has 10 heteroatoms. The lowest BCUT2D eigenvalue weighted by Crippen LogP contribution is -2.40. The third-order valence-corrected chi connectivity index (χ3v) is 4.34. The molecule has 2 heterocycles. The highest BCUT2D eigenvalue weighted by atomic mass is 19.4. The molecule has 0 saturated carbocycles. The van der Waals surface area contributed by atoms with Gasteiger partial charge in [0, 0.05) is 32.4 Å². The summed E-state index contributed by atoms with van der Waals surface area (Å²) in [5, 5.41) is 3.36. The van der Waals surface area contributed by atoms with Gasteiger partial charge < -0.3 is 18.9 Å². The first kappa shape index (κ1) is 20.3. The van der Waals surface area contributed by atoms with Crippen LogP contribution in [0.2, 0.25) is 0 Å². The SMILES string of the molecule is COCCN(Cc1ccc(-c2noc(C(F)(F)F)n2)cc1)C(=O)C1CCCO1. The normalized spacial score (nSPS) is 17.1. The van der Waals surface area contributed by atoms with Crippen molar-refractivity contribution in [2.24, 2.45) is 0 Å². The minimum absolute atomic E-state index is 0.0911. The van der Waals surface area contributed by atoms with Crippen LogP contribution in [0.25, 0.3) is 11.4 Å². The molecule has 0 N–H and O–H groups in total. The van der Waals surface area contributed by atoms with Gasteiger partial charge in [0.25, 0.3) is 5.91 Å². The molecule has 1 unspecified atom stereocenters. The molecule has 1 aromatic carbocycles. The fraction of sp³-hybridized carbons (Fsp3) is 0.500. The maximum absolute atomic E-state index is 12.6. The van der Waals surface area contributed by atoms with Gasteiger partial charge in [-0.15, -0.1) is 0 Å². The van der Waals surface area contributed by atoms with Crippen LogP contribution in [0.15, 0.2) is 28.8 Å². The first-order valence-corrected chi connectivity index (χ1v) is 8.78. The quantitative estimate of drug-likeness (QED) is 0.713. The number of nitrogens with zero attached hydrogens (tertiary/aromatic N) is 3. The average molecular weight is 399 g/mol. The molecule has 0 spiro atoms. The number of methoxy groups -OCH3 is 1. The summed E-state index contributed by atoms with van der Waals surface area (Å²) in [7, 11) is 1.56. The van der Waals surface area contributed by atoms with Crippen LogP contribution >= 0.6 is 0 Å². The second kappa shape index (κ2) is 8.70. The number of carbonyl (C=O) groups excluding carboxylic acids is 1. The number of halogens is 3. The van der Waals surface area contributed by atoms with Crippen LogP contribution in [0.3, 0.4) is 0 Å². The molecule has 0 radical (unpaired) electrons. The van der Waals surface area contributed by atoms with Crippen molar-refractivity contribution in [1.29, 1.82) is 0 Å². The summed E-state index contributed by atoms with van der Waals surface area (Å²) in [5.74, 6) is -1.63. The molecule has 152 valence electrons. The summed E-state index contributed by atoms with van der Waals surface area (Å²) in [6.45, 7) is 1.71. The monoisotopic (exact) mass is 399 g/mol. The minimum Gasteiger partial charge on any atom is -0.383 e. The topological polar surface area (TPSA) is 77.7 Å². The van der Waals surface area contributed by atoms with Gasteiger partial charge in [0.15, 0.2) is 0 Å². The van der Waals surface area contributed by atoms with Crippen LogP contribution in [0.1, 0.15) is 24.3 Å². The van der Waals surface area contributed by atoms with Crippen molar-refractivity contribution < 1.29 is 32.0 Å². The van der Waals surface area contributed by atoms with Gasteiger partial charge in [0.2, 0.25) is 5.82 Å². The number of carbonyl (C=O) groups is 1. The molecule has 28 heavy (non-hydrogen) atoms. The van der Waals surface area contributed by atoms with Crippen LogP contribution in [-0.4, -0.2) is 53.9 Å². The molecule has 0 aliphatic carbocycles. The highest BCUT2D eigenvalue weighted by Crippen LogP contribution is 2.29. The Labute approximate surface area is 159 Å². The first-order chi connectivity index (χ1) is 13.4. The van der Waals surface area contributed by atoms with Crippen molar-refractivity contribution in [2.75, 3.05) is 26.9 Å². The van der Waals surface area contributed by atoms with E-state index in [-0.39, 0.29) is 11.7 Å². The molecule has 2 aromatic rings. The van der Waals surface area contributed by atoms with Crippen LogP contribution in [-0.2, 0) is 27.0 Å². The van der Waals surface area contributed by atoms with Crippen molar-refractivity contribution in [3.8, 4) is 11.4 Å². The van der Waals surface area contributed by atoms with Crippen LogP contribution in [0, 0.1) is 0 Å². The van der Waals surface area contributed by atoms with Crippen molar-refractivity contribution >= 4 is 5.91 Å². The Kier molecular flexibility index (Phi) is 6.30. The fourth-order valence-corrected chi connectivity index (χ4v) is 2.88. The number of hydrogen-bond acceptors (Lipinski definition) is 6. The van der Waals surface area contributed by atoms with Gasteiger partial charge in [-0.05, 0) is 18.4 Å². The second-order valence-corrected chi connectivity index (χ2v) is 6.37. The van der Waals surface area contributed by atoms with Crippen molar-refractivity contribution in [3.05, 3.63) is 35.7 Å². The standard InChI is InChI=1S/C18H20F3N3O4/c1-26-10-8-24(16(25)14-3-2-9-27-14)11-12-4-6-13(7-5-12)15-22-17(28-23-15)18(19,20)21/h4-7,14H,2-3,8-11H2,1H3. The third-order valence-electron chi connectivity index (χ3n) is 4.34. The number of aromatic nitrogens is 2. The van der Waals surface area contributed by atoms with E-state index in [9.17, 15) is 18.0 Å². The predicted molar refractivity (Wildman–Crippen MR) is 91.0 cm³/mol. The van der Waals surface area contributed by atoms with Crippen LogP contribution < -0.4 is 0 Å². The zero-order chi connectivity index (χ0) is 20.1. The average Bonchev–Trinajstić information content (AvgIpc) is 3.36. The van der Waals surface area contributed by atoms with E-state index in [0.717, 1.165) is 12.0 Å². The van der Waals surface area contributed by atoms with Gasteiger partial charge >= 0.3 is 12.1 Å². The van der Waals surface area contributed by atoms with E-state index in [1.165, 1.54) is 0 Å². The van der Waals surface area contributed by atoms with Crippen LogP contribution in [0.4, 0.5) is 13.2 Å². The summed E-state index contributed by atoms with van der Waals surface area (Å²) < 4.78 is 52.5. The van der Waals surface area contributed by atoms with Gasteiger partial charge in [0.1, 0.15) is 6.10 Å². The number of alkyl halides is 3. The lowest BCUT2D eigenvalue weighted by molar-refractivity contribution is -0.159. The Morgan fingerprint density at radius 1 is 1.32 bits per heavy atom. The second-order valence-electron chi connectivity index (χ2n) is 6.37. The Bertz CT molecular complexity index is 786. The van der Waals surface area contributed by atoms with E-state index >= 15 is 0 Å². The molecule has 7 nitrogen and oxygen atoms in total. The van der Waals surface area contributed by atoms with E-state index in [4.69, 9.17) is 9.47 Å². The van der Waals surface area contributed by atoms with Gasteiger partial charge in [0.05, 0.1) is 6.61 Å². The van der Waals surface area contributed by atoms with E-state index < -0.39 is 18.2 Å². The molecular formula is C18H20F3N3O4. The number of benzene rings is 1. The molecular weight excluding hydrogens is 379 g/mol. The maximum Gasteiger partial charge on any atom is 0.471 e. The Hall–Kier alpha value is -2.46. The van der Waals surface area contributed by atoms with Gasteiger partial charge in [-0.25, -0.2) is 0 Å². The predicted octanol–water partition coefficient (Wildman–Crippen LogP) is 2.91. The molecule has 1 aromatic heterocycles. The Morgan fingerprint density at radius 3 is 2.64 bits per heavy atom. The molecule has 1 fully saturated rings. The highest BCUT2D eigenvalue weighted by Gasteiger charge is 2.38. The van der Waals surface area contributed by atoms with Gasteiger partial charge in [-0.2, -0.15) is 18.2 Å². The molecule has 1 aliphatic rings. The molecule has 0 bridgehead atoms. The summed E-state index contributed by atoms with van der Waals surface area (Å²) in [6, 6.07) is 6.60. The highest BCUT2D eigenvalue weighted by molar-refractivity contribution is 5.81. The minimum atomic E-state index is -4.68. The van der Waals surface area contributed by atoms with E-state index in [2.05, 4.69) is 14.7 Å². The zero-order valence-electron chi connectivity index (χ0n) is 15.2. The molecule has 1 atom stereocenters. The summed E-state index contributed by atoms with van der Waals surface area (Å²) in [6.07, 6.45) is -3.57. The number of rotatable bonds is 7. The molecule has 3 rings (SSSR count). The van der Waals surface area contributed by atoms with Crippen molar-refractivity contribution in [2.45, 2.75) is 31.7 Å². The van der Waals surface area contributed by atoms with Crippen molar-refractivity contribution in [1.82, 2.24) is 15.0 Å². The number of amides is 1. The summed E-state index contributed by atoms with van der Waals surface area (Å²) >= 11 is 0. The van der Waals surface area contributed by atoms with Crippen molar-refractivity contribution in [3.63, 3.8) is 0 Å². The third kappa shape index (κ3) is 4.87. The van der Waals surface area contributed by atoms with Gasteiger partial charge in [-0.3, -0.25) is 4.79 Å². The maximum atomic E-state index is 12.6.